The van der Waals surface area contributed by atoms with Gasteiger partial charge in [-0.15, -0.1) is 11.8 Å². The number of ketones is 1. The number of halogens is 1. The molecule has 0 amide bonds. The highest BCUT2D eigenvalue weighted by Gasteiger charge is 2.16. The predicted octanol–water partition coefficient (Wildman–Crippen LogP) is 3.41. The molecule has 3 nitrogen and oxygen atoms in total. The summed E-state index contributed by atoms with van der Waals surface area (Å²) in [4.78, 5) is 11.9. The first-order valence-corrected chi connectivity index (χ1v) is 6.39. The maximum absolute atomic E-state index is 11.9. The van der Waals surface area contributed by atoms with Gasteiger partial charge in [0.25, 0.3) is 0 Å². The minimum Gasteiger partial charge on any atom is -0.515 e. The molecule has 5 heteroatoms. The molecule has 0 aliphatic heterocycles. The fourth-order valence-electron chi connectivity index (χ4n) is 1.09. The van der Waals surface area contributed by atoms with E-state index in [1.54, 1.807) is 30.5 Å². The van der Waals surface area contributed by atoms with Crippen LogP contribution >= 0.6 is 27.7 Å². The van der Waals surface area contributed by atoms with Crippen molar-refractivity contribution in [3.05, 3.63) is 46.1 Å². The van der Waals surface area contributed by atoms with Crippen LogP contribution in [0.25, 0.3) is 0 Å². The van der Waals surface area contributed by atoms with E-state index in [9.17, 15) is 4.79 Å². The first-order chi connectivity index (χ1) is 7.60. The first kappa shape index (κ1) is 13.0. The number of rotatable bonds is 3. The molecule has 2 N–H and O–H groups in total. The van der Waals surface area contributed by atoms with E-state index in [0.29, 0.717) is 11.8 Å². The Hall–Kier alpha value is -1.07. The molecule has 0 radical (unpaired) electrons. The average Bonchev–Trinajstić information content (AvgIpc) is 2.30. The zero-order chi connectivity index (χ0) is 12.1. The van der Waals surface area contributed by atoms with E-state index >= 15 is 0 Å². The molecule has 1 aromatic rings. The van der Waals surface area contributed by atoms with Crippen LogP contribution in [0.2, 0.25) is 0 Å². The number of benzene rings is 1. The maximum atomic E-state index is 11.9. The summed E-state index contributed by atoms with van der Waals surface area (Å²) in [5.74, 6) is -0.352. The van der Waals surface area contributed by atoms with Gasteiger partial charge in [-0.25, -0.2) is 0 Å². The van der Waals surface area contributed by atoms with Crippen molar-refractivity contribution in [2.24, 2.45) is 0 Å². The molecule has 0 heterocycles. The number of hydrogen-bond acceptors (Lipinski definition) is 4. The summed E-state index contributed by atoms with van der Waals surface area (Å²) in [5.41, 5.74) is 0.456. The molecule has 16 heavy (non-hydrogen) atoms. The standard InChI is InChI=1S/C11H10BrNO2S/c1-16-11(13)9(6-14)10(15)7-2-4-8(12)5-3-7/h2-6,13-14H,1H3/b9-6+,13-11?. The molecule has 0 aliphatic carbocycles. The third-order valence-corrected chi connectivity index (χ3v) is 3.09. The minimum absolute atomic E-state index is 0.00909. The largest absolute Gasteiger partial charge is 0.515 e. The van der Waals surface area contributed by atoms with Crippen molar-refractivity contribution >= 4 is 38.5 Å². The molecular weight excluding hydrogens is 290 g/mol. The van der Waals surface area contributed by atoms with E-state index < -0.39 is 0 Å². The summed E-state index contributed by atoms with van der Waals surface area (Å²) in [5, 5.41) is 16.5. The van der Waals surface area contributed by atoms with Crippen LogP contribution < -0.4 is 0 Å². The van der Waals surface area contributed by atoms with Gasteiger partial charge in [-0.1, -0.05) is 15.9 Å². The topological polar surface area (TPSA) is 61.1 Å². The lowest BCUT2D eigenvalue weighted by Gasteiger charge is -2.04. The van der Waals surface area contributed by atoms with E-state index in [1.807, 2.05) is 0 Å². The van der Waals surface area contributed by atoms with Crippen LogP contribution in [-0.4, -0.2) is 22.2 Å². The third-order valence-electron chi connectivity index (χ3n) is 1.93. The molecule has 0 atom stereocenters. The molecular formula is C11H10BrNO2S. The molecule has 0 unspecified atom stereocenters. The molecule has 0 aliphatic rings. The Labute approximate surface area is 106 Å². The Balaban J connectivity index is 3.01. The average molecular weight is 300 g/mol. The second-order valence-corrected chi connectivity index (χ2v) is 4.64. The fraction of sp³-hybridized carbons (Fsp3) is 0.0909. The van der Waals surface area contributed by atoms with Crippen molar-refractivity contribution in [1.29, 1.82) is 5.41 Å². The lowest BCUT2D eigenvalue weighted by atomic mass is 10.1. The van der Waals surface area contributed by atoms with Crippen LogP contribution in [0.1, 0.15) is 10.4 Å². The Morgan fingerprint density at radius 2 is 2.00 bits per heavy atom. The van der Waals surface area contributed by atoms with Crippen LogP contribution in [0.3, 0.4) is 0 Å². The molecule has 0 spiro atoms. The summed E-state index contributed by atoms with van der Waals surface area (Å²) >= 11 is 4.38. The highest BCUT2D eigenvalue weighted by atomic mass is 79.9. The second kappa shape index (κ2) is 5.86. The van der Waals surface area contributed by atoms with Gasteiger partial charge in [0, 0.05) is 10.0 Å². The Kier molecular flexibility index (Phi) is 4.76. The Morgan fingerprint density at radius 3 is 2.44 bits per heavy atom. The molecule has 84 valence electrons. The summed E-state index contributed by atoms with van der Waals surface area (Å²) in [6.45, 7) is 0. The van der Waals surface area contributed by atoms with Gasteiger partial charge in [-0.2, -0.15) is 0 Å². The van der Waals surface area contributed by atoms with Crippen molar-refractivity contribution < 1.29 is 9.90 Å². The number of Topliss-reactive ketones (excluding diaryl/α,β-unsaturated/α-hetero) is 1. The first-order valence-electron chi connectivity index (χ1n) is 4.37. The van der Waals surface area contributed by atoms with Gasteiger partial charge in [-0.05, 0) is 30.5 Å². The van der Waals surface area contributed by atoms with Crippen LogP contribution in [0.15, 0.2) is 40.6 Å². The summed E-state index contributed by atoms with van der Waals surface area (Å²) in [7, 11) is 0. The number of thioether (sulfide) groups is 1. The van der Waals surface area contributed by atoms with Gasteiger partial charge in [-0.3, -0.25) is 10.2 Å². The Morgan fingerprint density at radius 1 is 1.44 bits per heavy atom. The molecule has 0 saturated carbocycles. The van der Waals surface area contributed by atoms with E-state index in [4.69, 9.17) is 10.5 Å². The number of aliphatic hydroxyl groups excluding tert-OH is 1. The number of carbonyl (C=O) groups excluding carboxylic acids is 1. The van der Waals surface area contributed by atoms with E-state index in [-0.39, 0.29) is 16.4 Å². The van der Waals surface area contributed by atoms with Crippen LogP contribution in [0.5, 0.6) is 0 Å². The van der Waals surface area contributed by atoms with Crippen molar-refractivity contribution in [3.63, 3.8) is 0 Å². The van der Waals surface area contributed by atoms with Crippen LogP contribution in [0, 0.1) is 5.41 Å². The van der Waals surface area contributed by atoms with Gasteiger partial charge in [0.15, 0.2) is 5.78 Å². The van der Waals surface area contributed by atoms with Gasteiger partial charge in [0.05, 0.1) is 11.8 Å². The molecule has 0 fully saturated rings. The SMILES string of the molecule is CSC(=N)/C(=C/O)C(=O)c1ccc(Br)cc1. The summed E-state index contributed by atoms with van der Waals surface area (Å²) < 4.78 is 0.874. The second-order valence-electron chi connectivity index (χ2n) is 2.91. The molecule has 1 rings (SSSR count). The fourth-order valence-corrected chi connectivity index (χ4v) is 1.72. The van der Waals surface area contributed by atoms with Crippen LogP contribution in [-0.2, 0) is 0 Å². The highest BCUT2D eigenvalue weighted by molar-refractivity contribution is 9.10. The van der Waals surface area contributed by atoms with E-state index in [0.717, 1.165) is 16.2 Å². The number of nitrogens with one attached hydrogen (secondary N) is 1. The summed E-state index contributed by atoms with van der Waals surface area (Å²) in [6, 6.07) is 6.77. The maximum Gasteiger partial charge on any atom is 0.198 e. The quantitative estimate of drug-likeness (QED) is 0.296. The summed E-state index contributed by atoms with van der Waals surface area (Å²) in [6.07, 6.45) is 2.36. The van der Waals surface area contributed by atoms with Gasteiger partial charge < -0.3 is 5.11 Å². The molecule has 0 saturated heterocycles. The van der Waals surface area contributed by atoms with Crippen LogP contribution in [0.4, 0.5) is 0 Å². The lowest BCUT2D eigenvalue weighted by Crippen LogP contribution is -2.10. The predicted molar refractivity (Wildman–Crippen MR) is 70.4 cm³/mol. The molecule has 0 bridgehead atoms. The lowest BCUT2D eigenvalue weighted by molar-refractivity contribution is 0.103. The van der Waals surface area contributed by atoms with Crippen molar-refractivity contribution in [2.45, 2.75) is 0 Å². The monoisotopic (exact) mass is 299 g/mol. The van der Waals surface area contributed by atoms with Gasteiger partial charge >= 0.3 is 0 Å². The minimum atomic E-state index is -0.352. The third kappa shape index (κ3) is 2.96. The number of aliphatic hydroxyl groups is 1. The zero-order valence-corrected chi connectivity index (χ0v) is 10.9. The van der Waals surface area contributed by atoms with E-state index in [2.05, 4.69) is 15.9 Å². The van der Waals surface area contributed by atoms with Crippen molar-refractivity contribution in [2.75, 3.05) is 6.26 Å². The van der Waals surface area contributed by atoms with Gasteiger partial charge in [0.1, 0.15) is 5.04 Å². The highest BCUT2D eigenvalue weighted by Crippen LogP contribution is 2.16. The van der Waals surface area contributed by atoms with Gasteiger partial charge in [0.2, 0.25) is 0 Å². The zero-order valence-electron chi connectivity index (χ0n) is 8.53. The number of hydrogen-bond donors (Lipinski definition) is 2. The van der Waals surface area contributed by atoms with E-state index in [1.165, 1.54) is 0 Å². The smallest absolute Gasteiger partial charge is 0.198 e. The molecule has 0 aromatic heterocycles. The molecule has 1 aromatic carbocycles. The Bertz CT molecular complexity index is 440. The van der Waals surface area contributed by atoms with Crippen molar-refractivity contribution in [1.82, 2.24) is 0 Å². The normalized spacial score (nSPS) is 11.2. The number of carbonyl (C=O) groups is 1. The van der Waals surface area contributed by atoms with Crippen molar-refractivity contribution in [3.8, 4) is 0 Å².